The lowest BCUT2D eigenvalue weighted by Crippen LogP contribution is -2.52. The van der Waals surface area contributed by atoms with Gasteiger partial charge >= 0.3 is 6.18 Å². The number of hydrogen-bond acceptors (Lipinski definition) is 4. The van der Waals surface area contributed by atoms with Crippen LogP contribution in [0.15, 0.2) is 48.5 Å². The van der Waals surface area contributed by atoms with Crippen molar-refractivity contribution in [2.45, 2.75) is 26.1 Å². The van der Waals surface area contributed by atoms with Crippen molar-refractivity contribution in [3.63, 3.8) is 0 Å². The van der Waals surface area contributed by atoms with Gasteiger partial charge in [0.2, 0.25) is 0 Å². The second kappa shape index (κ2) is 8.77. The fourth-order valence-electron chi connectivity index (χ4n) is 3.36. The number of rotatable bonds is 5. The number of piperazine rings is 1. The van der Waals surface area contributed by atoms with Gasteiger partial charge in [-0.3, -0.25) is 9.59 Å². The first-order valence-corrected chi connectivity index (χ1v) is 9.64. The average Bonchev–Trinajstić information content (AvgIpc) is 2.73. The number of amides is 1. The zero-order valence-electron chi connectivity index (χ0n) is 16.8. The van der Waals surface area contributed by atoms with Crippen molar-refractivity contribution in [2.75, 3.05) is 31.1 Å². The van der Waals surface area contributed by atoms with E-state index < -0.39 is 17.8 Å². The fourth-order valence-corrected chi connectivity index (χ4v) is 3.36. The van der Waals surface area contributed by atoms with Gasteiger partial charge in [0.25, 0.3) is 5.91 Å². The van der Waals surface area contributed by atoms with Gasteiger partial charge < -0.3 is 14.5 Å². The molecule has 0 radical (unpaired) electrons. The Kier molecular flexibility index (Phi) is 6.34. The van der Waals surface area contributed by atoms with Crippen LogP contribution in [0.5, 0.6) is 5.75 Å². The van der Waals surface area contributed by atoms with Crippen LogP contribution < -0.4 is 9.64 Å². The molecule has 0 saturated carbocycles. The number of benzene rings is 2. The lowest BCUT2D eigenvalue weighted by Gasteiger charge is -2.37. The van der Waals surface area contributed by atoms with Gasteiger partial charge in [0.15, 0.2) is 11.9 Å². The summed E-state index contributed by atoms with van der Waals surface area (Å²) in [6, 6.07) is 11.8. The van der Waals surface area contributed by atoms with Crippen LogP contribution in [0.1, 0.15) is 29.8 Å². The molecule has 0 aliphatic carbocycles. The minimum atomic E-state index is -4.39. The summed E-state index contributed by atoms with van der Waals surface area (Å²) < 4.78 is 44.5. The standard InChI is InChI=1S/C22H23F3N2O3/c1-15(28)17-5-3-8-20(13-17)30-16(2)21(29)27-11-9-26(10-12-27)19-7-4-6-18(14-19)22(23,24)25/h3-8,13-14,16H,9-12H2,1-2H3. The van der Waals surface area contributed by atoms with E-state index in [1.54, 1.807) is 42.2 Å². The van der Waals surface area contributed by atoms with E-state index in [1.165, 1.54) is 13.0 Å². The number of anilines is 1. The molecular weight excluding hydrogens is 397 g/mol. The lowest BCUT2D eigenvalue weighted by atomic mass is 10.1. The fraction of sp³-hybridized carbons (Fsp3) is 0.364. The van der Waals surface area contributed by atoms with E-state index in [9.17, 15) is 22.8 Å². The summed E-state index contributed by atoms with van der Waals surface area (Å²) in [6.07, 6.45) is -5.13. The van der Waals surface area contributed by atoms with Crippen LogP contribution in [0.3, 0.4) is 0 Å². The number of halogens is 3. The van der Waals surface area contributed by atoms with Crippen LogP contribution in [0.25, 0.3) is 0 Å². The SMILES string of the molecule is CC(=O)c1cccc(OC(C)C(=O)N2CCN(c3cccc(C(F)(F)F)c3)CC2)c1. The zero-order valence-corrected chi connectivity index (χ0v) is 16.8. The molecule has 0 bridgehead atoms. The number of ketones is 1. The first-order valence-electron chi connectivity index (χ1n) is 9.64. The van der Waals surface area contributed by atoms with Gasteiger partial charge in [-0.05, 0) is 44.2 Å². The number of carbonyl (C=O) groups is 2. The molecule has 1 aliphatic heterocycles. The van der Waals surface area contributed by atoms with E-state index in [2.05, 4.69) is 0 Å². The van der Waals surface area contributed by atoms with Crippen molar-refractivity contribution in [3.8, 4) is 5.75 Å². The van der Waals surface area contributed by atoms with E-state index in [-0.39, 0.29) is 11.7 Å². The van der Waals surface area contributed by atoms with Gasteiger partial charge in [-0.25, -0.2) is 0 Å². The minimum Gasteiger partial charge on any atom is -0.481 e. The van der Waals surface area contributed by atoms with Crippen molar-refractivity contribution in [1.82, 2.24) is 4.90 Å². The summed E-state index contributed by atoms with van der Waals surface area (Å²) in [5.41, 5.74) is 0.303. The lowest BCUT2D eigenvalue weighted by molar-refractivity contribution is -0.138. The van der Waals surface area contributed by atoms with Gasteiger partial charge in [0, 0.05) is 37.4 Å². The normalized spacial score (nSPS) is 15.6. The molecule has 30 heavy (non-hydrogen) atoms. The number of Topliss-reactive ketones (excluding diaryl/α,β-unsaturated/α-hetero) is 1. The number of alkyl halides is 3. The molecule has 0 spiro atoms. The van der Waals surface area contributed by atoms with Crippen LogP contribution in [-0.2, 0) is 11.0 Å². The third-order valence-electron chi connectivity index (χ3n) is 5.03. The monoisotopic (exact) mass is 420 g/mol. The second-order valence-electron chi connectivity index (χ2n) is 7.20. The molecule has 0 N–H and O–H groups in total. The van der Waals surface area contributed by atoms with Crippen molar-refractivity contribution < 1.29 is 27.5 Å². The Morgan fingerprint density at radius 3 is 2.30 bits per heavy atom. The molecule has 1 unspecified atom stereocenters. The molecule has 2 aromatic carbocycles. The average molecular weight is 420 g/mol. The number of carbonyl (C=O) groups excluding carboxylic acids is 2. The highest BCUT2D eigenvalue weighted by molar-refractivity contribution is 5.94. The molecule has 8 heteroatoms. The van der Waals surface area contributed by atoms with Crippen LogP contribution in [-0.4, -0.2) is 48.9 Å². The van der Waals surface area contributed by atoms with E-state index in [0.29, 0.717) is 43.2 Å². The molecule has 160 valence electrons. The summed E-state index contributed by atoms with van der Waals surface area (Å²) in [5, 5.41) is 0. The minimum absolute atomic E-state index is 0.0925. The molecule has 1 fully saturated rings. The number of ether oxygens (including phenoxy) is 1. The number of hydrogen-bond donors (Lipinski definition) is 0. The largest absolute Gasteiger partial charge is 0.481 e. The second-order valence-corrected chi connectivity index (χ2v) is 7.20. The van der Waals surface area contributed by atoms with Crippen LogP contribution in [0.4, 0.5) is 18.9 Å². The highest BCUT2D eigenvalue weighted by atomic mass is 19.4. The summed E-state index contributed by atoms with van der Waals surface area (Å²) in [4.78, 5) is 27.7. The Labute approximate surface area is 173 Å². The molecule has 3 rings (SSSR count). The van der Waals surface area contributed by atoms with E-state index in [4.69, 9.17) is 4.74 Å². The van der Waals surface area contributed by atoms with Crippen molar-refractivity contribution in [2.24, 2.45) is 0 Å². The third kappa shape index (κ3) is 5.11. The highest BCUT2D eigenvalue weighted by Crippen LogP contribution is 2.32. The third-order valence-corrected chi connectivity index (χ3v) is 5.03. The molecule has 1 atom stereocenters. The Morgan fingerprint density at radius 1 is 1.00 bits per heavy atom. The first kappa shape index (κ1) is 21.7. The van der Waals surface area contributed by atoms with E-state index in [0.717, 1.165) is 12.1 Å². The molecule has 2 aromatic rings. The summed E-state index contributed by atoms with van der Waals surface area (Å²) in [5.74, 6) is 0.142. The van der Waals surface area contributed by atoms with Crippen LogP contribution in [0, 0.1) is 0 Å². The van der Waals surface area contributed by atoms with E-state index in [1.807, 2.05) is 4.90 Å². The molecule has 0 aromatic heterocycles. The maximum Gasteiger partial charge on any atom is 0.416 e. The molecule has 1 amide bonds. The highest BCUT2D eigenvalue weighted by Gasteiger charge is 2.31. The Balaban J connectivity index is 1.59. The van der Waals surface area contributed by atoms with E-state index >= 15 is 0 Å². The quantitative estimate of drug-likeness (QED) is 0.686. The number of nitrogens with zero attached hydrogens (tertiary/aromatic N) is 2. The van der Waals surface area contributed by atoms with Gasteiger partial charge in [0.05, 0.1) is 5.56 Å². The molecule has 1 saturated heterocycles. The summed E-state index contributed by atoms with van der Waals surface area (Å²) in [6.45, 7) is 4.73. The van der Waals surface area contributed by atoms with Gasteiger partial charge in [-0.1, -0.05) is 18.2 Å². The smallest absolute Gasteiger partial charge is 0.416 e. The van der Waals surface area contributed by atoms with Gasteiger partial charge in [-0.2, -0.15) is 13.2 Å². The van der Waals surface area contributed by atoms with Crippen molar-refractivity contribution >= 4 is 17.4 Å². The zero-order chi connectivity index (χ0) is 21.9. The molecule has 5 nitrogen and oxygen atoms in total. The van der Waals surface area contributed by atoms with Crippen LogP contribution in [0.2, 0.25) is 0 Å². The Hall–Kier alpha value is -3.03. The van der Waals surface area contributed by atoms with Gasteiger partial charge in [0.1, 0.15) is 5.75 Å². The predicted octanol–water partition coefficient (Wildman–Crippen LogP) is 4.02. The van der Waals surface area contributed by atoms with Crippen molar-refractivity contribution in [3.05, 3.63) is 59.7 Å². The van der Waals surface area contributed by atoms with Crippen molar-refractivity contribution in [1.29, 1.82) is 0 Å². The maximum atomic E-state index is 12.9. The first-order chi connectivity index (χ1) is 14.1. The Bertz CT molecular complexity index is 922. The molecule has 1 aliphatic rings. The molecular formula is C22H23F3N2O3. The topological polar surface area (TPSA) is 49.9 Å². The maximum absolute atomic E-state index is 12.9. The van der Waals surface area contributed by atoms with Crippen LogP contribution >= 0.6 is 0 Å². The summed E-state index contributed by atoms with van der Waals surface area (Å²) in [7, 11) is 0. The molecule has 1 heterocycles. The van der Waals surface area contributed by atoms with Gasteiger partial charge in [-0.15, -0.1) is 0 Å². The Morgan fingerprint density at radius 2 is 1.67 bits per heavy atom. The summed E-state index contributed by atoms with van der Waals surface area (Å²) >= 11 is 0. The predicted molar refractivity (Wildman–Crippen MR) is 107 cm³/mol.